The van der Waals surface area contributed by atoms with Gasteiger partial charge in [0.15, 0.2) is 5.96 Å². The van der Waals surface area contributed by atoms with Crippen molar-refractivity contribution in [2.75, 3.05) is 7.05 Å². The summed E-state index contributed by atoms with van der Waals surface area (Å²) in [7, 11) is -2.07. The predicted molar refractivity (Wildman–Crippen MR) is 110 cm³/mol. The number of nitrogens with one attached hydrogen (secondary N) is 3. The van der Waals surface area contributed by atoms with E-state index in [0.717, 1.165) is 0 Å². The molecule has 0 bridgehead atoms. The van der Waals surface area contributed by atoms with Crippen molar-refractivity contribution in [1.82, 2.24) is 15.4 Å². The molecule has 0 spiro atoms. The van der Waals surface area contributed by atoms with Gasteiger partial charge in [-0.1, -0.05) is 36.4 Å². The van der Waals surface area contributed by atoms with E-state index in [-0.39, 0.29) is 23.8 Å². The maximum atomic E-state index is 13.7. The quantitative estimate of drug-likeness (QED) is 0.509. The highest BCUT2D eigenvalue weighted by atomic mass is 32.2. The van der Waals surface area contributed by atoms with E-state index in [2.05, 4.69) is 20.3 Å². The highest BCUT2D eigenvalue weighted by Gasteiger charge is 2.24. The van der Waals surface area contributed by atoms with Crippen LogP contribution in [0, 0.1) is 5.82 Å². The number of nitrogens with zero attached hydrogens (tertiary/aromatic N) is 1. The fraction of sp³-hybridized carbons (Fsp3) is 0.350. The van der Waals surface area contributed by atoms with Gasteiger partial charge in [-0.05, 0) is 38.5 Å². The Labute approximate surface area is 166 Å². The molecular formula is C20H27FN4O2S. The molecule has 2 aromatic carbocycles. The third-order valence-electron chi connectivity index (χ3n) is 3.78. The smallest absolute Gasteiger partial charge is 0.241 e. The van der Waals surface area contributed by atoms with Crippen LogP contribution >= 0.6 is 0 Å². The van der Waals surface area contributed by atoms with E-state index >= 15 is 0 Å². The zero-order valence-corrected chi connectivity index (χ0v) is 17.4. The topological polar surface area (TPSA) is 82.6 Å². The lowest BCUT2D eigenvalue weighted by Gasteiger charge is -2.22. The summed E-state index contributed by atoms with van der Waals surface area (Å²) in [5.74, 6) is 0.148. The second kappa shape index (κ2) is 9.16. The van der Waals surface area contributed by atoms with Gasteiger partial charge in [0.2, 0.25) is 10.0 Å². The van der Waals surface area contributed by atoms with Crippen LogP contribution in [0.1, 0.15) is 31.9 Å². The molecule has 6 nitrogen and oxygen atoms in total. The normalized spacial score (nSPS) is 12.7. The van der Waals surface area contributed by atoms with Crippen LogP contribution in [0.4, 0.5) is 4.39 Å². The first-order valence-corrected chi connectivity index (χ1v) is 10.4. The number of benzene rings is 2. The monoisotopic (exact) mass is 406 g/mol. The molecule has 152 valence electrons. The van der Waals surface area contributed by atoms with Crippen molar-refractivity contribution in [3.8, 4) is 0 Å². The van der Waals surface area contributed by atoms with Crippen LogP contribution in [0.3, 0.4) is 0 Å². The molecule has 0 heterocycles. The second-order valence-corrected chi connectivity index (χ2v) is 8.98. The molecule has 0 fully saturated rings. The van der Waals surface area contributed by atoms with E-state index in [9.17, 15) is 12.8 Å². The number of sulfonamides is 1. The molecule has 0 saturated carbocycles. The molecule has 0 aliphatic rings. The minimum absolute atomic E-state index is 0.210. The van der Waals surface area contributed by atoms with E-state index in [4.69, 9.17) is 0 Å². The molecule has 0 amide bonds. The van der Waals surface area contributed by atoms with Crippen LogP contribution in [-0.2, 0) is 23.1 Å². The fourth-order valence-electron chi connectivity index (χ4n) is 2.59. The highest BCUT2D eigenvalue weighted by Crippen LogP contribution is 2.17. The van der Waals surface area contributed by atoms with Crippen LogP contribution in [0.5, 0.6) is 0 Å². The number of rotatable bonds is 6. The zero-order chi connectivity index (χ0) is 20.8. The van der Waals surface area contributed by atoms with Crippen molar-refractivity contribution in [2.45, 2.75) is 44.3 Å². The number of guanidine groups is 1. The van der Waals surface area contributed by atoms with Gasteiger partial charge in [-0.25, -0.2) is 17.5 Å². The van der Waals surface area contributed by atoms with Gasteiger partial charge >= 0.3 is 0 Å². The lowest BCUT2D eigenvalue weighted by molar-refractivity contribution is 0.491. The van der Waals surface area contributed by atoms with Crippen molar-refractivity contribution in [3.63, 3.8) is 0 Å². The molecule has 0 unspecified atom stereocenters. The van der Waals surface area contributed by atoms with Gasteiger partial charge in [0, 0.05) is 31.2 Å². The highest BCUT2D eigenvalue weighted by molar-refractivity contribution is 7.89. The molecule has 8 heteroatoms. The van der Waals surface area contributed by atoms with E-state index in [0.29, 0.717) is 17.1 Å². The van der Waals surface area contributed by atoms with E-state index in [1.165, 1.54) is 6.07 Å². The molecule has 0 aromatic heterocycles. The first-order chi connectivity index (χ1) is 13.1. The second-order valence-electron chi connectivity index (χ2n) is 7.33. The van der Waals surface area contributed by atoms with Crippen molar-refractivity contribution >= 4 is 16.0 Å². The number of hydrogen-bond donors (Lipinski definition) is 3. The molecule has 0 aliphatic heterocycles. The van der Waals surface area contributed by atoms with Gasteiger partial charge in [0.25, 0.3) is 0 Å². The summed E-state index contributed by atoms with van der Waals surface area (Å²) in [6, 6.07) is 13.3. The van der Waals surface area contributed by atoms with Crippen molar-refractivity contribution < 1.29 is 12.8 Å². The summed E-state index contributed by atoms with van der Waals surface area (Å²) in [6.07, 6.45) is 0. The number of hydrogen-bond acceptors (Lipinski definition) is 3. The Morgan fingerprint density at radius 2 is 1.50 bits per heavy atom. The van der Waals surface area contributed by atoms with Crippen LogP contribution in [0.2, 0.25) is 0 Å². The summed E-state index contributed by atoms with van der Waals surface area (Å²) < 4.78 is 41.8. The summed E-state index contributed by atoms with van der Waals surface area (Å²) in [5, 5.41) is 6.10. The summed E-state index contributed by atoms with van der Waals surface area (Å²) in [5.41, 5.74) is 0.535. The summed E-state index contributed by atoms with van der Waals surface area (Å²) >= 11 is 0. The zero-order valence-electron chi connectivity index (χ0n) is 16.6. The van der Waals surface area contributed by atoms with Gasteiger partial charge in [-0.3, -0.25) is 4.99 Å². The average molecular weight is 407 g/mol. The minimum Gasteiger partial charge on any atom is -0.352 e. The Hall–Kier alpha value is -2.45. The van der Waals surface area contributed by atoms with E-state index < -0.39 is 15.6 Å². The Bertz CT molecular complexity index is 937. The van der Waals surface area contributed by atoms with E-state index in [1.54, 1.807) is 70.3 Å². The first-order valence-electron chi connectivity index (χ1n) is 8.92. The Kier molecular flexibility index (Phi) is 7.15. The van der Waals surface area contributed by atoms with Gasteiger partial charge in [0.1, 0.15) is 5.82 Å². The molecule has 0 atom stereocenters. The van der Waals surface area contributed by atoms with Gasteiger partial charge in [-0.2, -0.15) is 0 Å². The van der Waals surface area contributed by atoms with Gasteiger partial charge in [0.05, 0.1) is 4.90 Å². The van der Waals surface area contributed by atoms with Crippen molar-refractivity contribution in [2.24, 2.45) is 4.99 Å². The molecular weight excluding hydrogens is 379 g/mol. The molecule has 0 radical (unpaired) electrons. The molecule has 0 aliphatic carbocycles. The Balaban J connectivity index is 2.08. The summed E-state index contributed by atoms with van der Waals surface area (Å²) in [6.45, 7) is 5.88. The Morgan fingerprint density at radius 3 is 2.07 bits per heavy atom. The fourth-order valence-corrected chi connectivity index (χ4v) is 4.25. The third-order valence-corrected chi connectivity index (χ3v) is 5.64. The summed E-state index contributed by atoms with van der Waals surface area (Å²) in [4.78, 5) is 4.32. The predicted octanol–water partition coefficient (Wildman–Crippen LogP) is 2.77. The average Bonchev–Trinajstić information content (AvgIpc) is 2.61. The molecule has 2 rings (SSSR count). The van der Waals surface area contributed by atoms with Crippen LogP contribution < -0.4 is 15.4 Å². The lowest BCUT2D eigenvalue weighted by atomic mass is 10.1. The maximum absolute atomic E-state index is 13.7. The first kappa shape index (κ1) is 21.8. The van der Waals surface area contributed by atoms with Crippen molar-refractivity contribution in [1.29, 1.82) is 0 Å². The number of halogens is 1. The molecule has 3 N–H and O–H groups in total. The molecule has 0 saturated heterocycles. The van der Waals surface area contributed by atoms with Crippen LogP contribution in [0.25, 0.3) is 0 Å². The third kappa shape index (κ3) is 6.31. The van der Waals surface area contributed by atoms with Crippen molar-refractivity contribution in [3.05, 3.63) is 65.5 Å². The molecule has 2 aromatic rings. The SMILES string of the molecule is CN=C(NCc1ccccc1F)NCc1ccccc1S(=O)(=O)NC(C)(C)C. The largest absolute Gasteiger partial charge is 0.352 e. The maximum Gasteiger partial charge on any atom is 0.241 e. The van der Waals surface area contributed by atoms with Crippen LogP contribution in [0.15, 0.2) is 58.4 Å². The molecule has 28 heavy (non-hydrogen) atoms. The van der Waals surface area contributed by atoms with E-state index in [1.807, 2.05) is 0 Å². The van der Waals surface area contributed by atoms with Crippen LogP contribution in [-0.4, -0.2) is 27.0 Å². The van der Waals surface area contributed by atoms with Gasteiger partial charge in [-0.15, -0.1) is 0 Å². The lowest BCUT2D eigenvalue weighted by Crippen LogP contribution is -2.41. The minimum atomic E-state index is -3.66. The Morgan fingerprint density at radius 1 is 0.964 bits per heavy atom. The number of aliphatic imine (C=N–C) groups is 1. The standard InChI is InChI=1S/C20H27FN4O2S/c1-20(2,3)25-28(26,27)18-12-8-6-10-16(18)14-24-19(22-4)23-13-15-9-5-7-11-17(15)21/h5-12,25H,13-14H2,1-4H3,(H2,22,23,24). The van der Waals surface area contributed by atoms with Gasteiger partial charge < -0.3 is 10.6 Å².